The molecule has 2 aliphatic rings. The lowest BCUT2D eigenvalue weighted by Gasteiger charge is -2.32. The lowest BCUT2D eigenvalue weighted by molar-refractivity contribution is -0.120. The van der Waals surface area contributed by atoms with Gasteiger partial charge in [0, 0.05) is 44.4 Å². The first-order valence-corrected chi connectivity index (χ1v) is 10.8. The van der Waals surface area contributed by atoms with Gasteiger partial charge in [0.2, 0.25) is 5.91 Å². The maximum absolute atomic E-state index is 12.7. The van der Waals surface area contributed by atoms with Crippen molar-refractivity contribution < 1.29 is 14.1 Å². The number of nitrogens with one attached hydrogen (secondary N) is 1. The maximum atomic E-state index is 12.7. The molecule has 30 heavy (non-hydrogen) atoms. The van der Waals surface area contributed by atoms with Crippen molar-refractivity contribution in [2.45, 2.75) is 39.0 Å². The zero-order chi connectivity index (χ0) is 21.1. The van der Waals surface area contributed by atoms with Crippen molar-refractivity contribution in [3.05, 3.63) is 34.7 Å². The average molecular weight is 432 g/mol. The van der Waals surface area contributed by atoms with Gasteiger partial charge in [-0.1, -0.05) is 16.8 Å². The number of aryl methyl sites for hydroxylation is 1. The fourth-order valence-corrected chi connectivity index (χ4v) is 4.35. The molecule has 4 heterocycles. The standard InChI is InChI=1S/C21H26ClN5O3/c1-14-11-18(25-30-14)24-20(28)15-5-9-26(10-6-15)19-17(22)12-16(13-23-19)21(29)27-7-3-2-4-8-27/h11-13,15H,2-10H2,1H3,(H,24,25,28). The van der Waals surface area contributed by atoms with Gasteiger partial charge in [-0.15, -0.1) is 0 Å². The largest absolute Gasteiger partial charge is 0.360 e. The molecule has 2 amide bonds. The SMILES string of the molecule is Cc1cc(NC(=O)C2CCN(c3ncc(C(=O)N4CCCCC4)cc3Cl)CC2)no1. The highest BCUT2D eigenvalue weighted by Crippen LogP contribution is 2.29. The van der Waals surface area contributed by atoms with Crippen LogP contribution in [-0.4, -0.2) is 53.0 Å². The van der Waals surface area contributed by atoms with E-state index in [1.165, 1.54) is 6.42 Å². The van der Waals surface area contributed by atoms with Crippen LogP contribution in [-0.2, 0) is 4.79 Å². The Kier molecular flexibility index (Phi) is 6.22. The summed E-state index contributed by atoms with van der Waals surface area (Å²) in [5, 5.41) is 7.08. The average Bonchev–Trinajstić information content (AvgIpc) is 3.18. The Hall–Kier alpha value is -2.61. The fourth-order valence-electron chi connectivity index (χ4n) is 4.07. The lowest BCUT2D eigenvalue weighted by Crippen LogP contribution is -2.39. The summed E-state index contributed by atoms with van der Waals surface area (Å²) in [7, 11) is 0. The van der Waals surface area contributed by atoms with Crippen LogP contribution in [0.1, 0.15) is 48.2 Å². The molecule has 2 aromatic heterocycles. The smallest absolute Gasteiger partial charge is 0.255 e. The van der Waals surface area contributed by atoms with E-state index >= 15 is 0 Å². The van der Waals surface area contributed by atoms with E-state index in [2.05, 4.69) is 20.4 Å². The quantitative estimate of drug-likeness (QED) is 0.796. The maximum Gasteiger partial charge on any atom is 0.255 e. The van der Waals surface area contributed by atoms with Crippen LogP contribution in [0.3, 0.4) is 0 Å². The summed E-state index contributed by atoms with van der Waals surface area (Å²) in [6.45, 7) is 4.71. The Morgan fingerprint density at radius 1 is 1.13 bits per heavy atom. The molecule has 0 bridgehead atoms. The van der Waals surface area contributed by atoms with Gasteiger partial charge < -0.3 is 19.6 Å². The van der Waals surface area contributed by atoms with Gasteiger partial charge in [-0.25, -0.2) is 4.98 Å². The minimum atomic E-state index is -0.100. The molecule has 0 unspecified atom stereocenters. The van der Waals surface area contributed by atoms with Crippen LogP contribution >= 0.6 is 11.6 Å². The molecule has 2 aliphatic heterocycles. The zero-order valence-electron chi connectivity index (χ0n) is 17.1. The van der Waals surface area contributed by atoms with E-state index in [1.54, 1.807) is 25.3 Å². The Labute approximate surface area is 180 Å². The number of likely N-dealkylation sites (tertiary alicyclic amines) is 1. The van der Waals surface area contributed by atoms with E-state index in [1.807, 2.05) is 4.90 Å². The highest BCUT2D eigenvalue weighted by Gasteiger charge is 2.28. The van der Waals surface area contributed by atoms with Crippen molar-refractivity contribution >= 4 is 35.1 Å². The van der Waals surface area contributed by atoms with Crippen LogP contribution in [0.2, 0.25) is 5.02 Å². The summed E-state index contributed by atoms with van der Waals surface area (Å²) in [4.78, 5) is 33.6. The molecular formula is C21H26ClN5O3. The van der Waals surface area contributed by atoms with Crippen molar-refractivity contribution in [1.82, 2.24) is 15.0 Å². The van der Waals surface area contributed by atoms with E-state index in [9.17, 15) is 9.59 Å². The molecule has 2 fully saturated rings. The van der Waals surface area contributed by atoms with Crippen LogP contribution in [0.4, 0.5) is 11.6 Å². The summed E-state index contributed by atoms with van der Waals surface area (Å²) in [5.74, 6) is 1.61. The van der Waals surface area contributed by atoms with Gasteiger partial charge in [0.05, 0.1) is 10.6 Å². The predicted molar refractivity (Wildman–Crippen MR) is 114 cm³/mol. The van der Waals surface area contributed by atoms with Crippen molar-refractivity contribution in [2.24, 2.45) is 5.92 Å². The molecule has 8 nitrogen and oxygen atoms in total. The second kappa shape index (κ2) is 9.04. The van der Waals surface area contributed by atoms with Crippen molar-refractivity contribution in [3.63, 3.8) is 0 Å². The minimum absolute atomic E-state index is 0.00544. The molecule has 0 spiro atoms. The van der Waals surface area contributed by atoms with Crippen LogP contribution in [0, 0.1) is 12.8 Å². The van der Waals surface area contributed by atoms with E-state index in [0.29, 0.717) is 53.9 Å². The summed E-state index contributed by atoms with van der Waals surface area (Å²) in [5.41, 5.74) is 0.530. The van der Waals surface area contributed by atoms with E-state index in [4.69, 9.17) is 16.1 Å². The molecule has 4 rings (SSSR count). The first-order chi connectivity index (χ1) is 14.5. The van der Waals surface area contributed by atoms with Crippen molar-refractivity contribution in [3.8, 4) is 0 Å². The van der Waals surface area contributed by atoms with Crippen molar-refractivity contribution in [2.75, 3.05) is 36.4 Å². The third kappa shape index (κ3) is 4.59. The summed E-state index contributed by atoms with van der Waals surface area (Å²) < 4.78 is 4.98. The highest BCUT2D eigenvalue weighted by atomic mass is 35.5. The normalized spacial score (nSPS) is 17.8. The van der Waals surface area contributed by atoms with Gasteiger partial charge in [0.1, 0.15) is 11.6 Å². The molecule has 160 valence electrons. The molecule has 1 N–H and O–H groups in total. The minimum Gasteiger partial charge on any atom is -0.360 e. The van der Waals surface area contributed by atoms with Gasteiger partial charge >= 0.3 is 0 Å². The number of nitrogens with zero attached hydrogens (tertiary/aromatic N) is 4. The third-order valence-electron chi connectivity index (χ3n) is 5.76. The monoisotopic (exact) mass is 431 g/mol. The highest BCUT2D eigenvalue weighted by molar-refractivity contribution is 6.33. The Balaban J connectivity index is 1.35. The van der Waals surface area contributed by atoms with Crippen LogP contribution in [0.15, 0.2) is 22.9 Å². The number of hydrogen-bond donors (Lipinski definition) is 1. The van der Waals surface area contributed by atoms with Gasteiger partial charge in [0.25, 0.3) is 5.91 Å². The van der Waals surface area contributed by atoms with Crippen LogP contribution in [0.5, 0.6) is 0 Å². The molecule has 0 atom stereocenters. The molecular weight excluding hydrogens is 406 g/mol. The zero-order valence-corrected chi connectivity index (χ0v) is 17.8. The first-order valence-electron chi connectivity index (χ1n) is 10.5. The third-order valence-corrected chi connectivity index (χ3v) is 6.03. The Bertz CT molecular complexity index is 917. The molecule has 9 heteroatoms. The topological polar surface area (TPSA) is 91.6 Å². The van der Waals surface area contributed by atoms with Crippen molar-refractivity contribution in [1.29, 1.82) is 0 Å². The lowest BCUT2D eigenvalue weighted by atomic mass is 9.96. The number of aromatic nitrogens is 2. The number of hydrogen-bond acceptors (Lipinski definition) is 6. The molecule has 0 aliphatic carbocycles. The van der Waals surface area contributed by atoms with Gasteiger partial charge in [-0.05, 0) is 45.1 Å². The summed E-state index contributed by atoms with van der Waals surface area (Å²) in [6.07, 6.45) is 6.26. The Morgan fingerprint density at radius 3 is 2.50 bits per heavy atom. The molecule has 0 saturated carbocycles. The predicted octanol–water partition coefficient (Wildman–Crippen LogP) is 3.51. The molecule has 0 aromatic carbocycles. The summed E-state index contributed by atoms with van der Waals surface area (Å²) >= 11 is 6.48. The summed E-state index contributed by atoms with van der Waals surface area (Å²) in [6, 6.07) is 3.41. The number of pyridine rings is 1. The number of piperidine rings is 2. The van der Waals surface area contributed by atoms with E-state index in [0.717, 1.165) is 25.9 Å². The fraction of sp³-hybridized carbons (Fsp3) is 0.524. The number of carbonyl (C=O) groups excluding carboxylic acids is 2. The van der Waals surface area contributed by atoms with Gasteiger partial charge in [-0.3, -0.25) is 9.59 Å². The number of halogens is 1. The van der Waals surface area contributed by atoms with Gasteiger partial charge in [-0.2, -0.15) is 0 Å². The number of anilines is 2. The number of rotatable bonds is 4. The first kappa shape index (κ1) is 20.7. The Morgan fingerprint density at radius 2 is 1.87 bits per heavy atom. The molecule has 2 saturated heterocycles. The molecule has 2 aromatic rings. The van der Waals surface area contributed by atoms with Crippen LogP contribution in [0.25, 0.3) is 0 Å². The molecule has 0 radical (unpaired) electrons. The van der Waals surface area contributed by atoms with Crippen LogP contribution < -0.4 is 10.2 Å². The van der Waals surface area contributed by atoms with E-state index in [-0.39, 0.29) is 17.7 Å². The number of carbonyl (C=O) groups is 2. The van der Waals surface area contributed by atoms with E-state index < -0.39 is 0 Å². The van der Waals surface area contributed by atoms with Gasteiger partial charge in [0.15, 0.2) is 5.82 Å². The second-order valence-electron chi connectivity index (χ2n) is 7.96. The number of amides is 2. The second-order valence-corrected chi connectivity index (χ2v) is 8.36.